The summed E-state index contributed by atoms with van der Waals surface area (Å²) in [5.41, 5.74) is 0.381. The number of benzene rings is 1. The first kappa shape index (κ1) is 18.2. The van der Waals surface area contributed by atoms with Crippen molar-refractivity contribution in [3.8, 4) is 0 Å². The second-order valence-corrected chi connectivity index (χ2v) is 8.65. The van der Waals surface area contributed by atoms with Gasteiger partial charge in [0.1, 0.15) is 11.4 Å². The van der Waals surface area contributed by atoms with Crippen LogP contribution in [0, 0.1) is 0 Å². The molecule has 6 heteroatoms. The molecule has 0 spiro atoms. The normalized spacial score (nSPS) is 19.2. The number of sulfone groups is 1. The van der Waals surface area contributed by atoms with E-state index in [0.717, 1.165) is 12.7 Å². The molecule has 0 amide bonds. The van der Waals surface area contributed by atoms with Crippen LogP contribution >= 0.6 is 0 Å². The van der Waals surface area contributed by atoms with Gasteiger partial charge in [-0.2, -0.15) is 0 Å². The quantitative estimate of drug-likeness (QED) is 0.756. The zero-order chi connectivity index (χ0) is 18.9. The SMILES string of the molecule is CC1(C)OC(=O)C(OC2=CC=CCC=C2)=C1c1ccc(S(C)(=O)=O)cc1. The molecule has 1 heterocycles. The summed E-state index contributed by atoms with van der Waals surface area (Å²) in [5.74, 6) is 0.113. The van der Waals surface area contributed by atoms with E-state index < -0.39 is 21.4 Å². The van der Waals surface area contributed by atoms with Crippen molar-refractivity contribution in [2.75, 3.05) is 6.26 Å². The summed E-state index contributed by atoms with van der Waals surface area (Å²) in [5, 5.41) is 0. The van der Waals surface area contributed by atoms with Gasteiger partial charge >= 0.3 is 5.97 Å². The predicted octanol–water partition coefficient (Wildman–Crippen LogP) is 3.55. The average molecular weight is 372 g/mol. The lowest BCUT2D eigenvalue weighted by atomic mass is 9.92. The van der Waals surface area contributed by atoms with Crippen molar-refractivity contribution in [2.24, 2.45) is 0 Å². The van der Waals surface area contributed by atoms with Gasteiger partial charge in [0, 0.05) is 6.26 Å². The zero-order valence-corrected chi connectivity index (χ0v) is 15.7. The fourth-order valence-corrected chi connectivity index (χ4v) is 3.52. The van der Waals surface area contributed by atoms with Crippen LogP contribution in [0.1, 0.15) is 25.8 Å². The third-order valence-corrected chi connectivity index (χ3v) is 5.23. The third-order valence-electron chi connectivity index (χ3n) is 4.10. The van der Waals surface area contributed by atoms with Gasteiger partial charge in [0.2, 0.25) is 5.76 Å². The van der Waals surface area contributed by atoms with E-state index in [1.807, 2.05) is 18.2 Å². The number of ether oxygens (including phenoxy) is 2. The molecular weight excluding hydrogens is 352 g/mol. The number of hydrogen-bond donors (Lipinski definition) is 0. The first-order valence-electron chi connectivity index (χ1n) is 8.18. The van der Waals surface area contributed by atoms with Crippen molar-refractivity contribution in [3.05, 3.63) is 71.7 Å². The highest BCUT2D eigenvalue weighted by atomic mass is 32.2. The molecule has 1 aromatic rings. The van der Waals surface area contributed by atoms with Gasteiger partial charge in [0.25, 0.3) is 0 Å². The van der Waals surface area contributed by atoms with Gasteiger partial charge < -0.3 is 9.47 Å². The van der Waals surface area contributed by atoms with E-state index in [4.69, 9.17) is 9.47 Å². The van der Waals surface area contributed by atoms with Crippen LogP contribution < -0.4 is 0 Å². The Bertz CT molecular complexity index is 958. The molecule has 0 saturated heterocycles. The summed E-state index contributed by atoms with van der Waals surface area (Å²) in [6.45, 7) is 3.55. The van der Waals surface area contributed by atoms with Crippen LogP contribution in [0.25, 0.3) is 5.57 Å². The molecule has 26 heavy (non-hydrogen) atoms. The van der Waals surface area contributed by atoms with E-state index in [0.29, 0.717) is 16.9 Å². The number of rotatable bonds is 4. The van der Waals surface area contributed by atoms with Gasteiger partial charge in [-0.3, -0.25) is 0 Å². The summed E-state index contributed by atoms with van der Waals surface area (Å²) in [6.07, 6.45) is 11.3. The maximum Gasteiger partial charge on any atom is 0.375 e. The van der Waals surface area contributed by atoms with Crippen LogP contribution in [0.2, 0.25) is 0 Å². The van der Waals surface area contributed by atoms with Crippen LogP contribution in [0.5, 0.6) is 0 Å². The highest BCUT2D eigenvalue weighted by molar-refractivity contribution is 7.90. The van der Waals surface area contributed by atoms with E-state index in [1.165, 1.54) is 12.1 Å². The maximum atomic E-state index is 12.4. The number of carbonyl (C=O) groups is 1. The number of hydrogen-bond acceptors (Lipinski definition) is 5. The standard InChI is InChI=1S/C20H20O5S/c1-20(2)17(14-10-12-16(13-11-14)26(3,22)23)18(19(21)25-20)24-15-8-6-4-5-7-9-15/h4,6-13H,5H2,1-3H3. The third kappa shape index (κ3) is 3.65. The van der Waals surface area contributed by atoms with E-state index >= 15 is 0 Å². The van der Waals surface area contributed by atoms with Crippen molar-refractivity contribution in [2.45, 2.75) is 30.8 Å². The molecule has 0 radical (unpaired) electrons. The Labute approximate surface area is 153 Å². The highest BCUT2D eigenvalue weighted by Gasteiger charge is 2.43. The van der Waals surface area contributed by atoms with Gasteiger partial charge in [0.15, 0.2) is 9.84 Å². The minimum Gasteiger partial charge on any atom is -0.449 e. The van der Waals surface area contributed by atoms with E-state index in [9.17, 15) is 13.2 Å². The maximum absolute atomic E-state index is 12.4. The molecule has 0 bridgehead atoms. The van der Waals surface area contributed by atoms with Crippen LogP contribution in [-0.4, -0.2) is 26.2 Å². The lowest BCUT2D eigenvalue weighted by molar-refractivity contribution is -0.146. The molecule has 0 fully saturated rings. The number of carbonyl (C=O) groups excluding carboxylic acids is 1. The molecule has 3 rings (SSSR count). The van der Waals surface area contributed by atoms with Crippen molar-refractivity contribution in [1.82, 2.24) is 0 Å². The van der Waals surface area contributed by atoms with Crippen LogP contribution in [0.4, 0.5) is 0 Å². The molecule has 0 atom stereocenters. The molecule has 1 aromatic carbocycles. The Morgan fingerprint density at radius 3 is 2.46 bits per heavy atom. The molecule has 2 aliphatic rings. The largest absolute Gasteiger partial charge is 0.449 e. The van der Waals surface area contributed by atoms with Gasteiger partial charge in [0.05, 0.1) is 10.5 Å². The summed E-state index contributed by atoms with van der Waals surface area (Å²) in [4.78, 5) is 12.6. The zero-order valence-electron chi connectivity index (χ0n) is 14.9. The Morgan fingerprint density at radius 1 is 1.12 bits per heavy atom. The fraction of sp³-hybridized carbons (Fsp3) is 0.250. The minimum absolute atomic E-state index is 0.119. The summed E-state index contributed by atoms with van der Waals surface area (Å²) in [7, 11) is -3.29. The minimum atomic E-state index is -3.29. The molecule has 0 N–H and O–H groups in total. The van der Waals surface area contributed by atoms with Crippen molar-refractivity contribution < 1.29 is 22.7 Å². The van der Waals surface area contributed by atoms with Crippen molar-refractivity contribution >= 4 is 21.4 Å². The Morgan fingerprint density at radius 2 is 1.81 bits per heavy atom. The Kier molecular flexibility index (Phi) is 4.63. The van der Waals surface area contributed by atoms with E-state index in [1.54, 1.807) is 38.1 Å². The average Bonchev–Trinajstić information content (AvgIpc) is 2.73. The second-order valence-electron chi connectivity index (χ2n) is 6.64. The molecule has 0 aromatic heterocycles. The van der Waals surface area contributed by atoms with E-state index in [2.05, 4.69) is 0 Å². The number of allylic oxidation sites excluding steroid dienone is 5. The molecule has 5 nitrogen and oxygen atoms in total. The molecule has 0 unspecified atom stereocenters. The van der Waals surface area contributed by atoms with Crippen LogP contribution in [-0.2, 0) is 24.1 Å². The summed E-state index contributed by atoms with van der Waals surface area (Å²) >= 11 is 0. The first-order chi connectivity index (χ1) is 12.2. The molecular formula is C20H20O5S. The summed E-state index contributed by atoms with van der Waals surface area (Å²) < 4.78 is 34.7. The molecule has 1 aliphatic carbocycles. The number of esters is 1. The lowest BCUT2D eigenvalue weighted by Gasteiger charge is -2.21. The molecule has 136 valence electrons. The fourth-order valence-electron chi connectivity index (χ4n) is 2.89. The molecule has 1 aliphatic heterocycles. The highest BCUT2D eigenvalue weighted by Crippen LogP contribution is 2.41. The van der Waals surface area contributed by atoms with Crippen molar-refractivity contribution in [3.63, 3.8) is 0 Å². The topological polar surface area (TPSA) is 69.7 Å². The Balaban J connectivity index is 2.06. The van der Waals surface area contributed by atoms with Gasteiger partial charge in [-0.25, -0.2) is 13.2 Å². The van der Waals surface area contributed by atoms with Crippen molar-refractivity contribution in [1.29, 1.82) is 0 Å². The van der Waals surface area contributed by atoms with Gasteiger partial charge in [-0.1, -0.05) is 30.4 Å². The molecule has 0 saturated carbocycles. The predicted molar refractivity (Wildman–Crippen MR) is 98.7 cm³/mol. The lowest BCUT2D eigenvalue weighted by Crippen LogP contribution is -2.22. The second kappa shape index (κ2) is 6.61. The van der Waals surface area contributed by atoms with E-state index in [-0.39, 0.29) is 10.7 Å². The first-order valence-corrected chi connectivity index (χ1v) is 10.1. The van der Waals surface area contributed by atoms with Crippen LogP contribution in [0.3, 0.4) is 0 Å². The Hall–Kier alpha value is -2.60. The van der Waals surface area contributed by atoms with Gasteiger partial charge in [-0.15, -0.1) is 0 Å². The smallest absolute Gasteiger partial charge is 0.375 e. The number of cyclic esters (lactones) is 1. The van der Waals surface area contributed by atoms with Gasteiger partial charge in [-0.05, 0) is 50.1 Å². The summed E-state index contributed by atoms with van der Waals surface area (Å²) in [6, 6.07) is 6.36. The monoisotopic (exact) mass is 372 g/mol. The van der Waals surface area contributed by atoms with Crippen LogP contribution in [0.15, 0.2) is 71.1 Å².